The van der Waals surface area contributed by atoms with E-state index in [1.165, 1.54) is 0 Å². The summed E-state index contributed by atoms with van der Waals surface area (Å²) in [5.74, 6) is -1.52. The molecule has 0 radical (unpaired) electrons. The van der Waals surface area contributed by atoms with Gasteiger partial charge in [-0.05, 0) is 36.1 Å². The summed E-state index contributed by atoms with van der Waals surface area (Å²) in [6.45, 7) is 0.783. The number of amides is 1. The van der Waals surface area contributed by atoms with Crippen molar-refractivity contribution in [1.29, 1.82) is 0 Å². The van der Waals surface area contributed by atoms with Gasteiger partial charge in [0.2, 0.25) is 5.91 Å². The number of benzene rings is 1. The molecule has 0 spiro atoms. The van der Waals surface area contributed by atoms with E-state index in [1.807, 2.05) is 0 Å². The number of nitrogens with one attached hydrogen (secondary N) is 1. The summed E-state index contributed by atoms with van der Waals surface area (Å²) < 4.78 is 26.4. The molecule has 2 rings (SSSR count). The van der Waals surface area contributed by atoms with E-state index in [1.54, 1.807) is 0 Å². The lowest BCUT2D eigenvalue weighted by molar-refractivity contribution is -0.122. The number of nitrogens with two attached hydrogens (primary N) is 1. The van der Waals surface area contributed by atoms with Crippen LogP contribution in [0.5, 0.6) is 0 Å². The van der Waals surface area contributed by atoms with Gasteiger partial charge in [0.1, 0.15) is 11.6 Å². The number of halogens is 3. The molecule has 1 fully saturated rings. The average Bonchev–Trinajstić information content (AvgIpc) is 3.09. The number of carbonyl (C=O) groups excluding carboxylic acids is 1. The Hall–Kier alpha value is -1.20. The lowest BCUT2D eigenvalue weighted by Gasteiger charge is -2.04. The minimum atomic E-state index is -0.477. The Morgan fingerprint density at radius 1 is 1.44 bits per heavy atom. The van der Waals surface area contributed by atoms with E-state index in [4.69, 9.17) is 5.73 Å². The van der Waals surface area contributed by atoms with Crippen molar-refractivity contribution < 1.29 is 13.6 Å². The van der Waals surface area contributed by atoms with Gasteiger partial charge in [0.05, 0.1) is 0 Å². The zero-order valence-corrected chi connectivity index (χ0v) is 10.5. The molecule has 3 N–H and O–H groups in total. The van der Waals surface area contributed by atoms with Gasteiger partial charge in [0.25, 0.3) is 0 Å². The Labute approximate surface area is 110 Å². The smallest absolute Gasteiger partial charge is 0.223 e. The highest BCUT2D eigenvalue weighted by Gasteiger charge is 2.45. The standard InChI is InChI=1S/C12H14F2N2O.ClH/c13-7-1-2-11(14)9(5-7)8-6-10(8)12(17)16-4-3-15;/h1-2,5,8,10H,3-4,6,15H2,(H,16,17);1H. The minimum Gasteiger partial charge on any atom is -0.355 e. The topological polar surface area (TPSA) is 55.1 Å². The second-order valence-corrected chi connectivity index (χ2v) is 4.19. The van der Waals surface area contributed by atoms with E-state index in [-0.39, 0.29) is 35.7 Å². The quantitative estimate of drug-likeness (QED) is 0.877. The van der Waals surface area contributed by atoms with Crippen molar-refractivity contribution >= 4 is 18.3 Å². The van der Waals surface area contributed by atoms with Gasteiger partial charge in [-0.25, -0.2) is 8.78 Å². The van der Waals surface area contributed by atoms with Gasteiger partial charge in [-0.2, -0.15) is 0 Å². The first-order chi connectivity index (χ1) is 8.13. The molecule has 1 saturated carbocycles. The third kappa shape index (κ3) is 3.17. The fourth-order valence-corrected chi connectivity index (χ4v) is 1.95. The molecular weight excluding hydrogens is 262 g/mol. The van der Waals surface area contributed by atoms with Gasteiger partial charge in [-0.3, -0.25) is 4.79 Å². The number of rotatable bonds is 4. The van der Waals surface area contributed by atoms with Crippen LogP contribution in [-0.4, -0.2) is 19.0 Å². The molecule has 18 heavy (non-hydrogen) atoms. The molecule has 0 saturated heterocycles. The van der Waals surface area contributed by atoms with Crippen LogP contribution in [0.4, 0.5) is 8.78 Å². The molecule has 1 aliphatic carbocycles. The molecule has 6 heteroatoms. The van der Waals surface area contributed by atoms with Crippen LogP contribution in [0.2, 0.25) is 0 Å². The van der Waals surface area contributed by atoms with E-state index in [0.717, 1.165) is 18.2 Å². The van der Waals surface area contributed by atoms with Crippen LogP contribution in [0.25, 0.3) is 0 Å². The zero-order chi connectivity index (χ0) is 12.4. The second-order valence-electron chi connectivity index (χ2n) is 4.19. The van der Waals surface area contributed by atoms with Gasteiger partial charge >= 0.3 is 0 Å². The molecule has 2 atom stereocenters. The Bertz CT molecular complexity index is 442. The maximum absolute atomic E-state index is 13.4. The lowest BCUT2D eigenvalue weighted by atomic mass is 10.1. The van der Waals surface area contributed by atoms with Crippen LogP contribution >= 0.6 is 12.4 Å². The predicted molar refractivity (Wildman–Crippen MR) is 66.5 cm³/mol. The maximum atomic E-state index is 13.4. The molecule has 3 nitrogen and oxygen atoms in total. The van der Waals surface area contributed by atoms with Gasteiger partial charge < -0.3 is 11.1 Å². The lowest BCUT2D eigenvalue weighted by Crippen LogP contribution is -2.30. The average molecular weight is 277 g/mol. The number of hydrogen-bond acceptors (Lipinski definition) is 2. The molecule has 100 valence electrons. The van der Waals surface area contributed by atoms with Crippen LogP contribution in [0.3, 0.4) is 0 Å². The van der Waals surface area contributed by atoms with Crippen molar-refractivity contribution in [2.24, 2.45) is 11.7 Å². The summed E-state index contributed by atoms with van der Waals surface area (Å²) in [6, 6.07) is 3.33. The third-order valence-corrected chi connectivity index (χ3v) is 2.93. The zero-order valence-electron chi connectivity index (χ0n) is 9.66. The Morgan fingerprint density at radius 2 is 2.17 bits per heavy atom. The first kappa shape index (κ1) is 14.9. The Kier molecular flexibility index (Phi) is 5.04. The molecule has 2 unspecified atom stereocenters. The minimum absolute atomic E-state index is 0. The van der Waals surface area contributed by atoms with Crippen molar-refractivity contribution in [2.75, 3.05) is 13.1 Å². The third-order valence-electron chi connectivity index (χ3n) is 2.93. The van der Waals surface area contributed by atoms with E-state index < -0.39 is 11.6 Å². The highest BCUT2D eigenvalue weighted by atomic mass is 35.5. The van der Waals surface area contributed by atoms with Crippen LogP contribution in [-0.2, 0) is 4.79 Å². The summed E-state index contributed by atoms with van der Waals surface area (Å²) in [5, 5.41) is 2.65. The molecule has 1 aromatic rings. The fourth-order valence-electron chi connectivity index (χ4n) is 1.95. The highest BCUT2D eigenvalue weighted by Crippen LogP contribution is 2.48. The van der Waals surface area contributed by atoms with Crippen molar-refractivity contribution in [3.63, 3.8) is 0 Å². The fraction of sp³-hybridized carbons (Fsp3) is 0.417. The van der Waals surface area contributed by atoms with Gasteiger partial charge in [0, 0.05) is 19.0 Å². The van der Waals surface area contributed by atoms with Crippen molar-refractivity contribution in [3.8, 4) is 0 Å². The summed E-state index contributed by atoms with van der Waals surface area (Å²) in [4.78, 5) is 11.6. The molecule has 0 heterocycles. The number of carbonyl (C=O) groups is 1. The van der Waals surface area contributed by atoms with Gasteiger partial charge in [0.15, 0.2) is 0 Å². The van der Waals surface area contributed by atoms with E-state index in [2.05, 4.69) is 5.32 Å². The molecule has 0 bridgehead atoms. The molecular formula is C12H15ClF2N2O. The van der Waals surface area contributed by atoms with Crippen LogP contribution in [0.1, 0.15) is 17.9 Å². The molecule has 0 aliphatic heterocycles. The Morgan fingerprint density at radius 3 is 2.83 bits per heavy atom. The summed E-state index contributed by atoms with van der Waals surface area (Å²) in [6.07, 6.45) is 0.566. The van der Waals surface area contributed by atoms with E-state index in [9.17, 15) is 13.6 Å². The molecule has 0 aromatic heterocycles. The predicted octanol–water partition coefficient (Wildman–Crippen LogP) is 1.57. The first-order valence-corrected chi connectivity index (χ1v) is 5.56. The summed E-state index contributed by atoms with van der Waals surface area (Å²) in [5.41, 5.74) is 5.55. The van der Waals surface area contributed by atoms with Crippen LogP contribution < -0.4 is 11.1 Å². The second kappa shape index (κ2) is 6.11. The number of hydrogen-bond donors (Lipinski definition) is 2. The molecule has 1 aromatic carbocycles. The summed E-state index contributed by atoms with van der Waals surface area (Å²) in [7, 11) is 0. The normalized spacial score (nSPS) is 21.1. The van der Waals surface area contributed by atoms with Gasteiger partial charge in [-0.1, -0.05) is 0 Å². The van der Waals surface area contributed by atoms with Gasteiger partial charge in [-0.15, -0.1) is 12.4 Å². The van der Waals surface area contributed by atoms with Crippen molar-refractivity contribution in [3.05, 3.63) is 35.4 Å². The van der Waals surface area contributed by atoms with Crippen LogP contribution in [0.15, 0.2) is 18.2 Å². The Balaban J connectivity index is 0.00000162. The first-order valence-electron chi connectivity index (χ1n) is 5.56. The van der Waals surface area contributed by atoms with Crippen molar-refractivity contribution in [1.82, 2.24) is 5.32 Å². The molecule has 1 amide bonds. The largest absolute Gasteiger partial charge is 0.355 e. The molecule has 1 aliphatic rings. The van der Waals surface area contributed by atoms with Crippen molar-refractivity contribution in [2.45, 2.75) is 12.3 Å². The maximum Gasteiger partial charge on any atom is 0.223 e. The monoisotopic (exact) mass is 276 g/mol. The SMILES string of the molecule is Cl.NCCNC(=O)C1CC1c1cc(F)ccc1F. The van der Waals surface area contributed by atoms with E-state index >= 15 is 0 Å². The highest BCUT2D eigenvalue weighted by molar-refractivity contribution is 5.85. The summed E-state index contributed by atoms with van der Waals surface area (Å²) >= 11 is 0. The van der Waals surface area contributed by atoms with Crippen LogP contribution in [0, 0.1) is 17.6 Å². The van der Waals surface area contributed by atoms with E-state index in [0.29, 0.717) is 19.5 Å².